The highest BCUT2D eigenvalue weighted by Gasteiger charge is 2.66. The van der Waals surface area contributed by atoms with Gasteiger partial charge in [-0.3, -0.25) is 4.79 Å². The number of hydrogen-bond donors (Lipinski definition) is 2. The lowest BCUT2D eigenvalue weighted by Crippen LogP contribution is -2.72. The molecule has 1 saturated heterocycles. The summed E-state index contributed by atoms with van der Waals surface area (Å²) in [5.41, 5.74) is 0.201. The number of hydrogen-bond acceptors (Lipinski definition) is 4. The first-order valence-corrected chi connectivity index (χ1v) is 10.4. The summed E-state index contributed by atoms with van der Waals surface area (Å²) in [5, 5.41) is 6.83. The SMILES string of the molecule is COC1CCC2(CC1)Oc1ccc(C#CC3CC3)cc1C21NC(=S)NCC1=O. The largest absolute Gasteiger partial charge is 0.484 e. The third kappa shape index (κ3) is 2.64. The van der Waals surface area contributed by atoms with Gasteiger partial charge in [0.05, 0.1) is 12.6 Å². The molecule has 0 bridgehead atoms. The number of carbonyl (C=O) groups is 1. The molecule has 0 amide bonds. The number of ketones is 1. The van der Waals surface area contributed by atoms with Crippen LogP contribution in [0.4, 0.5) is 0 Å². The maximum Gasteiger partial charge on any atom is 0.186 e. The van der Waals surface area contributed by atoms with Gasteiger partial charge in [0, 0.05) is 24.2 Å². The van der Waals surface area contributed by atoms with Crippen LogP contribution in [-0.2, 0) is 15.1 Å². The molecule has 2 aliphatic heterocycles. The van der Waals surface area contributed by atoms with E-state index in [0.717, 1.165) is 42.6 Å². The molecule has 1 aromatic carbocycles. The molecule has 4 aliphatic rings. The van der Waals surface area contributed by atoms with E-state index in [-0.39, 0.29) is 18.4 Å². The standard InChI is InChI=1S/C22H24N2O3S/c1-26-16-8-10-21(11-9-16)22(19(25)13-23-20(28)24-22)17-12-15(5-4-14-2-3-14)6-7-18(17)27-21/h6-7,12,14,16H,2-3,8-11,13H2,1H3,(H2,23,24,28). The molecule has 2 N–H and O–H groups in total. The molecule has 1 atom stereocenters. The highest BCUT2D eigenvalue weighted by molar-refractivity contribution is 7.80. The van der Waals surface area contributed by atoms with Crippen molar-refractivity contribution in [2.75, 3.05) is 13.7 Å². The quantitative estimate of drug-likeness (QED) is 0.562. The first kappa shape index (κ1) is 18.0. The van der Waals surface area contributed by atoms with Crippen molar-refractivity contribution in [1.29, 1.82) is 0 Å². The summed E-state index contributed by atoms with van der Waals surface area (Å²) in [6, 6.07) is 5.98. The lowest BCUT2D eigenvalue weighted by atomic mass is 9.65. The number of carbonyl (C=O) groups excluding carboxylic acids is 1. The number of thiocarbonyl (C=S) groups is 1. The second kappa shape index (κ2) is 6.47. The number of rotatable bonds is 1. The molecule has 0 radical (unpaired) electrons. The number of benzene rings is 1. The van der Waals surface area contributed by atoms with Crippen molar-refractivity contribution in [1.82, 2.24) is 10.6 Å². The molecule has 5 rings (SSSR count). The average molecular weight is 397 g/mol. The van der Waals surface area contributed by atoms with Gasteiger partial charge in [-0.1, -0.05) is 11.8 Å². The minimum Gasteiger partial charge on any atom is -0.484 e. The minimum absolute atomic E-state index is 0.0722. The first-order valence-electron chi connectivity index (χ1n) is 10.0. The molecular weight excluding hydrogens is 372 g/mol. The molecule has 5 nitrogen and oxygen atoms in total. The van der Waals surface area contributed by atoms with Crippen LogP contribution in [0.5, 0.6) is 5.75 Å². The molecule has 6 heteroatoms. The number of methoxy groups -OCH3 is 1. The Bertz CT molecular complexity index is 906. The van der Waals surface area contributed by atoms with E-state index in [9.17, 15) is 4.79 Å². The van der Waals surface area contributed by atoms with Crippen LogP contribution in [0.1, 0.15) is 49.7 Å². The van der Waals surface area contributed by atoms with Crippen LogP contribution in [0, 0.1) is 17.8 Å². The van der Waals surface area contributed by atoms with Crippen molar-refractivity contribution in [3.63, 3.8) is 0 Å². The van der Waals surface area contributed by atoms with Gasteiger partial charge in [0.1, 0.15) is 11.4 Å². The Labute approximate surface area is 170 Å². The maximum absolute atomic E-state index is 13.4. The normalized spacial score (nSPS) is 33.5. The summed E-state index contributed by atoms with van der Waals surface area (Å²) in [6.07, 6.45) is 5.78. The van der Waals surface area contributed by atoms with Crippen molar-refractivity contribution in [3.05, 3.63) is 29.3 Å². The molecule has 1 aromatic rings. The predicted molar refractivity (Wildman–Crippen MR) is 109 cm³/mol. The van der Waals surface area contributed by atoms with Gasteiger partial charge in [0.2, 0.25) is 0 Å². The van der Waals surface area contributed by atoms with E-state index >= 15 is 0 Å². The van der Waals surface area contributed by atoms with Crippen LogP contribution >= 0.6 is 12.2 Å². The van der Waals surface area contributed by atoms with Crippen LogP contribution in [0.25, 0.3) is 0 Å². The van der Waals surface area contributed by atoms with Gasteiger partial charge in [-0.05, 0) is 68.9 Å². The highest BCUT2D eigenvalue weighted by Crippen LogP contribution is 2.55. The van der Waals surface area contributed by atoms with Gasteiger partial charge < -0.3 is 20.1 Å². The zero-order valence-corrected chi connectivity index (χ0v) is 16.8. The number of fused-ring (bicyclic) bond motifs is 3. The van der Waals surface area contributed by atoms with Gasteiger partial charge >= 0.3 is 0 Å². The van der Waals surface area contributed by atoms with E-state index < -0.39 is 11.1 Å². The molecule has 28 heavy (non-hydrogen) atoms. The number of Topliss-reactive ketones (excluding diaryl/α,β-unsaturated/α-hetero) is 1. The molecule has 146 valence electrons. The van der Waals surface area contributed by atoms with Crippen LogP contribution in [0.2, 0.25) is 0 Å². The molecule has 2 aliphatic carbocycles. The van der Waals surface area contributed by atoms with E-state index in [4.69, 9.17) is 21.7 Å². The van der Waals surface area contributed by atoms with E-state index in [2.05, 4.69) is 22.5 Å². The van der Waals surface area contributed by atoms with Crippen molar-refractivity contribution in [3.8, 4) is 17.6 Å². The Morgan fingerprint density at radius 1 is 1.25 bits per heavy atom. The highest BCUT2D eigenvalue weighted by atomic mass is 32.1. The van der Waals surface area contributed by atoms with Gasteiger partial charge in [-0.15, -0.1) is 0 Å². The molecule has 1 unspecified atom stereocenters. The average Bonchev–Trinajstić information content (AvgIpc) is 3.50. The van der Waals surface area contributed by atoms with Gasteiger partial charge in [0.25, 0.3) is 0 Å². The second-order valence-corrected chi connectivity index (χ2v) is 8.68. The molecule has 2 heterocycles. The summed E-state index contributed by atoms with van der Waals surface area (Å²) >= 11 is 5.44. The maximum atomic E-state index is 13.4. The second-order valence-electron chi connectivity index (χ2n) is 8.27. The van der Waals surface area contributed by atoms with Crippen molar-refractivity contribution >= 4 is 23.1 Å². The Kier molecular flexibility index (Phi) is 4.15. The smallest absolute Gasteiger partial charge is 0.186 e. The first-order chi connectivity index (χ1) is 13.6. The lowest BCUT2D eigenvalue weighted by molar-refractivity contribution is -0.137. The molecule has 3 fully saturated rings. The van der Waals surface area contributed by atoms with Crippen molar-refractivity contribution in [2.45, 2.75) is 55.8 Å². The van der Waals surface area contributed by atoms with Crippen LogP contribution in [0.3, 0.4) is 0 Å². The fourth-order valence-corrected chi connectivity index (χ4v) is 5.09. The Hall–Kier alpha value is -2.10. The van der Waals surface area contributed by atoms with Gasteiger partial charge in [-0.2, -0.15) is 0 Å². The monoisotopic (exact) mass is 396 g/mol. The third-order valence-corrected chi connectivity index (χ3v) is 6.82. The Balaban J connectivity index is 1.61. The fourth-order valence-electron chi connectivity index (χ4n) is 4.87. The minimum atomic E-state index is -0.958. The summed E-state index contributed by atoms with van der Waals surface area (Å²) in [5.74, 6) is 7.95. The fraction of sp³-hybridized carbons (Fsp3) is 0.545. The number of ether oxygens (including phenoxy) is 2. The zero-order valence-electron chi connectivity index (χ0n) is 16.0. The summed E-state index contributed by atoms with van der Waals surface area (Å²) in [4.78, 5) is 13.4. The third-order valence-electron chi connectivity index (χ3n) is 6.57. The van der Waals surface area contributed by atoms with E-state index in [0.29, 0.717) is 11.0 Å². The Morgan fingerprint density at radius 2 is 2.04 bits per heavy atom. The summed E-state index contributed by atoms with van der Waals surface area (Å²) in [6.45, 7) is 0.210. The van der Waals surface area contributed by atoms with Crippen LogP contribution in [0.15, 0.2) is 18.2 Å². The van der Waals surface area contributed by atoms with E-state index in [1.165, 1.54) is 12.8 Å². The predicted octanol–water partition coefficient (Wildman–Crippen LogP) is 2.41. The summed E-state index contributed by atoms with van der Waals surface area (Å²) < 4.78 is 12.1. The van der Waals surface area contributed by atoms with E-state index in [1.54, 1.807) is 7.11 Å². The number of nitrogens with one attached hydrogen (secondary N) is 2. The molecular formula is C22H24N2O3S. The van der Waals surface area contributed by atoms with Gasteiger partial charge in [0.15, 0.2) is 16.4 Å². The zero-order chi connectivity index (χ0) is 19.4. The molecule has 0 aromatic heterocycles. The Morgan fingerprint density at radius 3 is 2.75 bits per heavy atom. The lowest BCUT2D eigenvalue weighted by Gasteiger charge is -2.49. The summed E-state index contributed by atoms with van der Waals surface area (Å²) in [7, 11) is 1.75. The van der Waals surface area contributed by atoms with Crippen molar-refractivity contribution in [2.24, 2.45) is 5.92 Å². The van der Waals surface area contributed by atoms with Crippen LogP contribution in [-0.4, -0.2) is 36.3 Å². The van der Waals surface area contributed by atoms with Gasteiger partial charge in [-0.25, -0.2) is 0 Å². The molecule has 2 spiro atoms. The van der Waals surface area contributed by atoms with E-state index in [1.807, 2.05) is 18.2 Å². The topological polar surface area (TPSA) is 59.6 Å². The van der Waals surface area contributed by atoms with Crippen molar-refractivity contribution < 1.29 is 14.3 Å². The van der Waals surface area contributed by atoms with Crippen LogP contribution < -0.4 is 15.4 Å². The molecule has 2 saturated carbocycles.